The number of aryl methyl sites for hydroxylation is 1. The summed E-state index contributed by atoms with van der Waals surface area (Å²) in [5.41, 5.74) is 1.97. The van der Waals surface area contributed by atoms with Gasteiger partial charge in [-0.15, -0.1) is 0 Å². The number of piperazine rings is 1. The minimum Gasteiger partial charge on any atom is -0.395 e. The minimum atomic E-state index is -0.0470. The number of aliphatic hydroxyl groups is 1. The van der Waals surface area contributed by atoms with E-state index in [4.69, 9.17) is 5.11 Å². The molecule has 0 radical (unpaired) electrons. The van der Waals surface area contributed by atoms with Crippen molar-refractivity contribution >= 4 is 11.7 Å². The molecule has 1 aliphatic rings. The molecule has 5 heteroatoms. The lowest BCUT2D eigenvalue weighted by molar-refractivity contribution is 0.127. The van der Waals surface area contributed by atoms with E-state index in [-0.39, 0.29) is 12.6 Å². The molecule has 0 spiro atoms. The molecule has 2 amide bonds. The molecule has 1 aromatic rings. The molecule has 19 heavy (non-hydrogen) atoms. The fourth-order valence-electron chi connectivity index (χ4n) is 2.24. The first-order chi connectivity index (χ1) is 9.19. The second-order valence-electron chi connectivity index (χ2n) is 4.85. The van der Waals surface area contributed by atoms with Crippen molar-refractivity contribution in [2.75, 3.05) is 44.6 Å². The number of hydrogen-bond donors (Lipinski definition) is 2. The molecule has 0 aliphatic carbocycles. The Labute approximate surface area is 113 Å². The van der Waals surface area contributed by atoms with Crippen molar-refractivity contribution in [2.45, 2.75) is 6.92 Å². The lowest BCUT2D eigenvalue weighted by Crippen LogP contribution is -2.50. The first-order valence-corrected chi connectivity index (χ1v) is 6.65. The normalized spacial score (nSPS) is 16.4. The summed E-state index contributed by atoms with van der Waals surface area (Å²) in [6, 6.07) is 7.74. The van der Waals surface area contributed by atoms with Crippen LogP contribution in [0, 0.1) is 6.92 Å². The van der Waals surface area contributed by atoms with Crippen LogP contribution in [0.25, 0.3) is 0 Å². The van der Waals surface area contributed by atoms with Gasteiger partial charge in [0.2, 0.25) is 0 Å². The largest absolute Gasteiger partial charge is 0.395 e. The van der Waals surface area contributed by atoms with Crippen LogP contribution in [0.3, 0.4) is 0 Å². The maximum absolute atomic E-state index is 12.1. The number of carbonyl (C=O) groups excluding carboxylic acids is 1. The van der Waals surface area contributed by atoms with Gasteiger partial charge in [0.05, 0.1) is 6.61 Å². The lowest BCUT2D eigenvalue weighted by atomic mass is 10.2. The van der Waals surface area contributed by atoms with Gasteiger partial charge in [0.25, 0.3) is 0 Å². The van der Waals surface area contributed by atoms with Crippen LogP contribution >= 0.6 is 0 Å². The first kappa shape index (κ1) is 13.8. The predicted molar refractivity (Wildman–Crippen MR) is 75.3 cm³/mol. The molecule has 0 bridgehead atoms. The number of aliphatic hydroxyl groups excluding tert-OH is 1. The number of β-amino-alcohol motifs (C(OH)–C–C–N with tert-alkyl or cyclic N) is 1. The van der Waals surface area contributed by atoms with E-state index in [9.17, 15) is 4.79 Å². The molecule has 2 N–H and O–H groups in total. The summed E-state index contributed by atoms with van der Waals surface area (Å²) in [7, 11) is 0. The number of carbonyl (C=O) groups is 1. The number of anilines is 1. The summed E-state index contributed by atoms with van der Waals surface area (Å²) < 4.78 is 0. The SMILES string of the molecule is Cc1cccc(NC(=O)N2CCN(CCO)CC2)c1. The van der Waals surface area contributed by atoms with Crippen LogP contribution in [0.1, 0.15) is 5.56 Å². The maximum Gasteiger partial charge on any atom is 0.321 e. The van der Waals surface area contributed by atoms with Crippen LogP contribution in [0.5, 0.6) is 0 Å². The quantitative estimate of drug-likeness (QED) is 0.859. The molecular formula is C14H21N3O2. The summed E-state index contributed by atoms with van der Waals surface area (Å²) >= 11 is 0. The Morgan fingerprint density at radius 2 is 2.05 bits per heavy atom. The number of urea groups is 1. The van der Waals surface area contributed by atoms with Crippen molar-refractivity contribution in [2.24, 2.45) is 0 Å². The Kier molecular flexibility index (Phi) is 4.76. The van der Waals surface area contributed by atoms with Crippen LogP contribution in [-0.2, 0) is 0 Å². The van der Waals surface area contributed by atoms with E-state index >= 15 is 0 Å². The Bertz CT molecular complexity index is 428. The minimum absolute atomic E-state index is 0.0470. The lowest BCUT2D eigenvalue weighted by Gasteiger charge is -2.34. The molecule has 1 aromatic carbocycles. The number of nitrogens with zero attached hydrogens (tertiary/aromatic N) is 2. The second-order valence-corrected chi connectivity index (χ2v) is 4.85. The predicted octanol–water partition coefficient (Wildman–Crippen LogP) is 1.14. The van der Waals surface area contributed by atoms with Gasteiger partial charge < -0.3 is 15.3 Å². The van der Waals surface area contributed by atoms with Crippen LogP contribution in [0.4, 0.5) is 10.5 Å². The Balaban J connectivity index is 1.84. The van der Waals surface area contributed by atoms with Gasteiger partial charge in [-0.2, -0.15) is 0 Å². The number of nitrogens with one attached hydrogen (secondary N) is 1. The monoisotopic (exact) mass is 263 g/mol. The molecule has 0 atom stereocenters. The van der Waals surface area contributed by atoms with Gasteiger partial charge in [-0.3, -0.25) is 4.90 Å². The van der Waals surface area contributed by atoms with Crippen molar-refractivity contribution in [1.82, 2.24) is 9.80 Å². The molecule has 1 saturated heterocycles. The molecule has 0 saturated carbocycles. The molecule has 5 nitrogen and oxygen atoms in total. The standard InChI is InChI=1S/C14H21N3O2/c1-12-3-2-4-13(11-12)15-14(19)17-7-5-16(6-8-17)9-10-18/h2-4,11,18H,5-10H2,1H3,(H,15,19). The number of benzene rings is 1. The number of rotatable bonds is 3. The van der Waals surface area contributed by atoms with E-state index in [1.54, 1.807) is 0 Å². The van der Waals surface area contributed by atoms with Crippen molar-refractivity contribution in [1.29, 1.82) is 0 Å². The number of amides is 2. The highest BCUT2D eigenvalue weighted by Crippen LogP contribution is 2.11. The molecule has 0 unspecified atom stereocenters. The second kappa shape index (κ2) is 6.54. The van der Waals surface area contributed by atoms with E-state index in [0.717, 1.165) is 24.3 Å². The topological polar surface area (TPSA) is 55.8 Å². The first-order valence-electron chi connectivity index (χ1n) is 6.65. The van der Waals surface area contributed by atoms with E-state index in [0.29, 0.717) is 19.6 Å². The van der Waals surface area contributed by atoms with Gasteiger partial charge >= 0.3 is 6.03 Å². The highest BCUT2D eigenvalue weighted by atomic mass is 16.3. The van der Waals surface area contributed by atoms with Crippen molar-refractivity contribution in [3.05, 3.63) is 29.8 Å². The van der Waals surface area contributed by atoms with Crippen LogP contribution in [0.15, 0.2) is 24.3 Å². The average Bonchev–Trinajstić information content (AvgIpc) is 2.40. The fourth-order valence-corrected chi connectivity index (χ4v) is 2.24. The summed E-state index contributed by atoms with van der Waals surface area (Å²) in [6.07, 6.45) is 0. The van der Waals surface area contributed by atoms with Crippen LogP contribution in [0.2, 0.25) is 0 Å². The van der Waals surface area contributed by atoms with E-state index in [1.807, 2.05) is 36.1 Å². The maximum atomic E-state index is 12.1. The van der Waals surface area contributed by atoms with Crippen molar-refractivity contribution in [3.8, 4) is 0 Å². The Morgan fingerprint density at radius 3 is 2.68 bits per heavy atom. The average molecular weight is 263 g/mol. The molecule has 2 rings (SSSR count). The van der Waals surface area contributed by atoms with Crippen LogP contribution in [-0.4, -0.2) is 60.3 Å². The summed E-state index contributed by atoms with van der Waals surface area (Å²) in [4.78, 5) is 16.1. The van der Waals surface area contributed by atoms with E-state index in [2.05, 4.69) is 10.2 Å². The highest BCUT2D eigenvalue weighted by molar-refractivity contribution is 5.89. The Hall–Kier alpha value is -1.59. The highest BCUT2D eigenvalue weighted by Gasteiger charge is 2.20. The van der Waals surface area contributed by atoms with Crippen molar-refractivity contribution in [3.63, 3.8) is 0 Å². The smallest absolute Gasteiger partial charge is 0.321 e. The third-order valence-corrected chi connectivity index (χ3v) is 3.35. The Morgan fingerprint density at radius 1 is 1.32 bits per heavy atom. The third kappa shape index (κ3) is 3.94. The van der Waals surface area contributed by atoms with Gasteiger partial charge in [-0.25, -0.2) is 4.79 Å². The number of hydrogen-bond acceptors (Lipinski definition) is 3. The fraction of sp³-hybridized carbons (Fsp3) is 0.500. The van der Waals surface area contributed by atoms with Gasteiger partial charge in [-0.05, 0) is 24.6 Å². The van der Waals surface area contributed by atoms with Gasteiger partial charge in [-0.1, -0.05) is 12.1 Å². The van der Waals surface area contributed by atoms with Gasteiger partial charge in [0.15, 0.2) is 0 Å². The third-order valence-electron chi connectivity index (χ3n) is 3.35. The molecule has 1 aliphatic heterocycles. The molecule has 104 valence electrons. The molecule has 1 heterocycles. The van der Waals surface area contributed by atoms with E-state index < -0.39 is 0 Å². The molecule has 1 fully saturated rings. The zero-order valence-corrected chi connectivity index (χ0v) is 11.3. The zero-order valence-electron chi connectivity index (χ0n) is 11.3. The van der Waals surface area contributed by atoms with Gasteiger partial charge in [0, 0.05) is 38.4 Å². The zero-order chi connectivity index (χ0) is 13.7. The molecule has 0 aromatic heterocycles. The summed E-state index contributed by atoms with van der Waals surface area (Å²) in [6.45, 7) is 5.92. The van der Waals surface area contributed by atoms with E-state index in [1.165, 1.54) is 0 Å². The van der Waals surface area contributed by atoms with Crippen molar-refractivity contribution < 1.29 is 9.90 Å². The summed E-state index contributed by atoms with van der Waals surface area (Å²) in [5.74, 6) is 0. The van der Waals surface area contributed by atoms with Crippen LogP contribution < -0.4 is 5.32 Å². The van der Waals surface area contributed by atoms with Gasteiger partial charge in [0.1, 0.15) is 0 Å². The molecular weight excluding hydrogens is 242 g/mol. The summed E-state index contributed by atoms with van der Waals surface area (Å²) in [5, 5.41) is 11.8.